The van der Waals surface area contributed by atoms with Crippen LogP contribution in [0.4, 0.5) is 0 Å². The second-order valence-corrected chi connectivity index (χ2v) is 5.23. The zero-order valence-corrected chi connectivity index (χ0v) is 13.0. The van der Waals surface area contributed by atoms with E-state index in [1.54, 1.807) is 7.11 Å². The molecule has 3 N–H and O–H groups in total. The van der Waals surface area contributed by atoms with E-state index >= 15 is 0 Å². The van der Waals surface area contributed by atoms with E-state index in [1.165, 1.54) is 7.11 Å². The highest BCUT2D eigenvalue weighted by atomic mass is 16.5. The lowest BCUT2D eigenvalue weighted by Gasteiger charge is -2.27. The SMILES string of the molecule is COC1CCOCC1C(=O)O.COC1CCOCC1C(N)=O. The number of rotatable bonds is 4. The molecule has 2 saturated heterocycles. The van der Waals surface area contributed by atoms with Crippen molar-refractivity contribution in [1.82, 2.24) is 0 Å². The third kappa shape index (κ3) is 5.53. The smallest absolute Gasteiger partial charge is 0.311 e. The number of carboxylic acid groups (broad SMARTS) is 1. The molecule has 0 aromatic rings. The summed E-state index contributed by atoms with van der Waals surface area (Å²) in [7, 11) is 3.12. The zero-order chi connectivity index (χ0) is 16.5. The van der Waals surface area contributed by atoms with E-state index < -0.39 is 11.9 Å². The molecule has 2 heterocycles. The van der Waals surface area contributed by atoms with Gasteiger partial charge in [0.2, 0.25) is 5.91 Å². The predicted molar refractivity (Wildman–Crippen MR) is 76.3 cm³/mol. The molecule has 0 saturated carbocycles. The van der Waals surface area contributed by atoms with E-state index in [2.05, 4.69) is 0 Å². The Morgan fingerprint density at radius 1 is 1.00 bits per heavy atom. The van der Waals surface area contributed by atoms with Crippen LogP contribution in [0.1, 0.15) is 12.8 Å². The minimum Gasteiger partial charge on any atom is -0.481 e. The van der Waals surface area contributed by atoms with Crippen molar-refractivity contribution in [3.8, 4) is 0 Å². The maximum Gasteiger partial charge on any atom is 0.311 e. The highest BCUT2D eigenvalue weighted by molar-refractivity contribution is 5.77. The van der Waals surface area contributed by atoms with Crippen molar-refractivity contribution in [2.75, 3.05) is 40.6 Å². The van der Waals surface area contributed by atoms with E-state index in [9.17, 15) is 9.59 Å². The Hall–Kier alpha value is -1.22. The number of carbonyl (C=O) groups is 2. The van der Waals surface area contributed by atoms with Crippen LogP contribution in [0.25, 0.3) is 0 Å². The summed E-state index contributed by atoms with van der Waals surface area (Å²) in [5.74, 6) is -1.93. The van der Waals surface area contributed by atoms with E-state index in [1.807, 2.05) is 0 Å². The van der Waals surface area contributed by atoms with E-state index in [-0.39, 0.29) is 30.6 Å². The van der Waals surface area contributed by atoms with E-state index in [0.29, 0.717) is 26.2 Å². The van der Waals surface area contributed by atoms with Crippen molar-refractivity contribution in [2.45, 2.75) is 25.0 Å². The molecular weight excluding hydrogens is 294 g/mol. The van der Waals surface area contributed by atoms with Crippen molar-refractivity contribution in [3.05, 3.63) is 0 Å². The second-order valence-electron chi connectivity index (χ2n) is 5.23. The summed E-state index contributed by atoms with van der Waals surface area (Å²) >= 11 is 0. The lowest BCUT2D eigenvalue weighted by Crippen LogP contribution is -2.41. The first kappa shape index (κ1) is 18.8. The molecule has 22 heavy (non-hydrogen) atoms. The molecule has 0 radical (unpaired) electrons. The molecule has 2 aliphatic heterocycles. The second kappa shape index (κ2) is 9.73. The van der Waals surface area contributed by atoms with Gasteiger partial charge in [-0.25, -0.2) is 0 Å². The number of amides is 1. The fourth-order valence-corrected chi connectivity index (χ4v) is 2.50. The maximum absolute atomic E-state index is 10.8. The maximum atomic E-state index is 10.8. The van der Waals surface area contributed by atoms with E-state index in [0.717, 1.165) is 6.42 Å². The van der Waals surface area contributed by atoms with Crippen molar-refractivity contribution >= 4 is 11.9 Å². The van der Waals surface area contributed by atoms with Crippen molar-refractivity contribution < 1.29 is 33.6 Å². The first-order chi connectivity index (χ1) is 10.5. The van der Waals surface area contributed by atoms with Crippen molar-refractivity contribution in [2.24, 2.45) is 17.6 Å². The molecule has 4 atom stereocenters. The molecule has 4 unspecified atom stereocenters. The van der Waals surface area contributed by atoms with Crippen LogP contribution >= 0.6 is 0 Å². The van der Waals surface area contributed by atoms with Gasteiger partial charge in [-0.1, -0.05) is 0 Å². The molecule has 2 rings (SSSR count). The summed E-state index contributed by atoms with van der Waals surface area (Å²) in [6.45, 7) is 1.92. The Morgan fingerprint density at radius 3 is 1.77 bits per heavy atom. The normalized spacial score (nSPS) is 31.7. The lowest BCUT2D eigenvalue weighted by atomic mass is 9.98. The number of carbonyl (C=O) groups excluding carboxylic acids is 1. The largest absolute Gasteiger partial charge is 0.481 e. The van der Waals surface area contributed by atoms with Crippen LogP contribution in [-0.2, 0) is 28.5 Å². The topological polar surface area (TPSA) is 117 Å². The lowest BCUT2D eigenvalue weighted by molar-refractivity contribution is -0.155. The van der Waals surface area contributed by atoms with Gasteiger partial charge in [-0.15, -0.1) is 0 Å². The summed E-state index contributed by atoms with van der Waals surface area (Å²) < 4.78 is 20.2. The molecule has 1 amide bonds. The Balaban J connectivity index is 0.000000220. The van der Waals surface area contributed by atoms with Crippen LogP contribution in [0.3, 0.4) is 0 Å². The average Bonchev–Trinajstić information content (AvgIpc) is 2.55. The summed E-state index contributed by atoms with van der Waals surface area (Å²) in [6, 6.07) is 0. The van der Waals surface area contributed by atoms with Gasteiger partial charge in [-0.2, -0.15) is 0 Å². The van der Waals surface area contributed by atoms with Crippen LogP contribution < -0.4 is 5.73 Å². The minimum absolute atomic E-state index is 0.0544. The molecule has 128 valence electrons. The molecule has 0 aromatic carbocycles. The highest BCUT2D eigenvalue weighted by Crippen LogP contribution is 2.17. The number of ether oxygens (including phenoxy) is 4. The quantitative estimate of drug-likeness (QED) is 0.727. The Bertz CT molecular complexity index is 329. The van der Waals surface area contributed by atoms with Gasteiger partial charge in [-0.05, 0) is 12.8 Å². The van der Waals surface area contributed by atoms with Gasteiger partial charge in [-0.3, -0.25) is 9.59 Å². The Kier molecular flexibility index (Phi) is 8.32. The molecule has 0 bridgehead atoms. The molecule has 2 aliphatic rings. The summed E-state index contributed by atoms with van der Waals surface area (Å²) in [6.07, 6.45) is 1.19. The van der Waals surface area contributed by atoms with Gasteiger partial charge in [0.15, 0.2) is 0 Å². The van der Waals surface area contributed by atoms with Crippen molar-refractivity contribution in [3.63, 3.8) is 0 Å². The van der Waals surface area contributed by atoms with Gasteiger partial charge in [0.05, 0.1) is 31.3 Å². The molecule has 8 nitrogen and oxygen atoms in total. The summed E-state index contributed by atoms with van der Waals surface area (Å²) in [5.41, 5.74) is 5.13. The van der Waals surface area contributed by atoms with Crippen LogP contribution in [-0.4, -0.2) is 69.8 Å². The number of primary amides is 1. The summed E-state index contributed by atoms with van der Waals surface area (Å²) in [4.78, 5) is 21.3. The number of hydrogen-bond acceptors (Lipinski definition) is 6. The third-order valence-corrected chi connectivity index (χ3v) is 3.87. The first-order valence-corrected chi connectivity index (χ1v) is 7.24. The van der Waals surface area contributed by atoms with Gasteiger partial charge in [0, 0.05) is 27.4 Å². The van der Waals surface area contributed by atoms with Crippen LogP contribution in [0.15, 0.2) is 0 Å². The van der Waals surface area contributed by atoms with Crippen LogP contribution in [0.2, 0.25) is 0 Å². The minimum atomic E-state index is -0.837. The molecule has 0 aliphatic carbocycles. The molecule has 0 spiro atoms. The third-order valence-electron chi connectivity index (χ3n) is 3.87. The Labute approximate surface area is 129 Å². The number of aliphatic carboxylic acids is 1. The first-order valence-electron chi connectivity index (χ1n) is 7.24. The fourth-order valence-electron chi connectivity index (χ4n) is 2.50. The molecule has 8 heteroatoms. The number of carboxylic acids is 1. The van der Waals surface area contributed by atoms with Crippen LogP contribution in [0, 0.1) is 11.8 Å². The molecule has 2 fully saturated rings. The monoisotopic (exact) mass is 319 g/mol. The van der Waals surface area contributed by atoms with Gasteiger partial charge >= 0.3 is 5.97 Å². The molecular formula is C14H25NO7. The van der Waals surface area contributed by atoms with Crippen molar-refractivity contribution in [1.29, 1.82) is 0 Å². The summed E-state index contributed by atoms with van der Waals surface area (Å²) in [5, 5.41) is 8.68. The van der Waals surface area contributed by atoms with E-state index in [4.69, 9.17) is 29.8 Å². The zero-order valence-electron chi connectivity index (χ0n) is 13.0. The van der Waals surface area contributed by atoms with Crippen LogP contribution in [0.5, 0.6) is 0 Å². The Morgan fingerprint density at radius 2 is 1.45 bits per heavy atom. The number of methoxy groups -OCH3 is 2. The van der Waals surface area contributed by atoms with Gasteiger partial charge < -0.3 is 29.8 Å². The predicted octanol–water partition coefficient (Wildman–Crippen LogP) is -0.354. The number of nitrogens with two attached hydrogens (primary N) is 1. The van der Waals surface area contributed by atoms with Gasteiger partial charge in [0.1, 0.15) is 5.92 Å². The fraction of sp³-hybridized carbons (Fsp3) is 0.857. The standard InChI is InChI=1S/C7H13NO3.C7H12O4/c2*1-10-6-2-3-11-4-5(6)7(8)9/h5-6H,2-4H2,1H3,(H2,8,9);5-6H,2-4H2,1H3,(H,8,9). The average molecular weight is 319 g/mol. The van der Waals surface area contributed by atoms with Gasteiger partial charge in [0.25, 0.3) is 0 Å². The number of hydrogen-bond donors (Lipinski definition) is 2. The molecule has 0 aromatic heterocycles. The highest BCUT2D eigenvalue weighted by Gasteiger charge is 2.31.